The smallest absolute Gasteiger partial charge is 0.243 e. The number of hydrogen-bond donors (Lipinski definition) is 0. The molecule has 0 aromatic heterocycles. The number of halogens is 3. The normalized spacial score (nSPS) is 13.3. The molecule has 0 unspecified atom stereocenters. The van der Waals surface area contributed by atoms with Crippen LogP contribution in [0.4, 0.5) is 18.9 Å². The van der Waals surface area contributed by atoms with Gasteiger partial charge in [0.25, 0.3) is 0 Å². The summed E-state index contributed by atoms with van der Waals surface area (Å²) < 4.78 is 41.7. The van der Waals surface area contributed by atoms with Crippen molar-refractivity contribution < 1.29 is 13.2 Å². The van der Waals surface area contributed by atoms with Crippen molar-refractivity contribution in [2.75, 3.05) is 0 Å². The Morgan fingerprint density at radius 1 is 0.778 bits per heavy atom. The summed E-state index contributed by atoms with van der Waals surface area (Å²) in [4.78, 5) is 3.95. The van der Waals surface area contributed by atoms with Gasteiger partial charge in [-0.1, -0.05) is 72.3 Å². The minimum Gasteiger partial charge on any atom is -0.243 e. The van der Waals surface area contributed by atoms with Gasteiger partial charge in [-0.3, -0.25) is 0 Å². The van der Waals surface area contributed by atoms with Crippen molar-refractivity contribution in [2.45, 2.75) is 13.1 Å². The number of aliphatic imine (C=N–C) groups is 1. The maximum atomic E-state index is 13.9. The molecule has 3 aromatic carbocycles. The predicted octanol–water partition coefficient (Wildman–Crippen LogP) is 6.60. The van der Waals surface area contributed by atoms with Crippen molar-refractivity contribution in [3.05, 3.63) is 101 Å². The molecule has 0 radical (unpaired) electrons. The van der Waals surface area contributed by atoms with Gasteiger partial charge in [0.15, 0.2) is 5.71 Å². The van der Waals surface area contributed by atoms with Crippen molar-refractivity contribution in [1.29, 1.82) is 0 Å². The number of rotatable bonds is 2. The lowest BCUT2D eigenvalue weighted by Gasteiger charge is -2.17. The van der Waals surface area contributed by atoms with E-state index in [-0.39, 0.29) is 5.57 Å². The molecule has 0 spiro atoms. The minimum absolute atomic E-state index is 0.138. The van der Waals surface area contributed by atoms with E-state index in [1.54, 1.807) is 18.2 Å². The second kappa shape index (κ2) is 6.54. The molecule has 134 valence electrons. The van der Waals surface area contributed by atoms with Crippen LogP contribution in [0.5, 0.6) is 0 Å². The van der Waals surface area contributed by atoms with Crippen molar-refractivity contribution in [1.82, 2.24) is 0 Å². The van der Waals surface area contributed by atoms with Crippen LogP contribution in [0.15, 0.2) is 83.9 Å². The summed E-state index contributed by atoms with van der Waals surface area (Å²) in [7, 11) is 0. The van der Waals surface area contributed by atoms with Gasteiger partial charge in [0.2, 0.25) is 0 Å². The monoisotopic (exact) mass is 363 g/mol. The lowest BCUT2D eigenvalue weighted by atomic mass is 9.87. The zero-order valence-corrected chi connectivity index (χ0v) is 14.6. The molecule has 0 N–H and O–H groups in total. The SMILES string of the molecule is Cc1ccc2c(c1)C(=C(c1ccccc1)c1ccccc1)C(C(F)(F)F)=N2. The van der Waals surface area contributed by atoms with E-state index < -0.39 is 11.9 Å². The topological polar surface area (TPSA) is 12.4 Å². The van der Waals surface area contributed by atoms with Crippen molar-refractivity contribution in [2.24, 2.45) is 4.99 Å². The van der Waals surface area contributed by atoms with Gasteiger partial charge >= 0.3 is 6.18 Å². The summed E-state index contributed by atoms with van der Waals surface area (Å²) in [6.45, 7) is 1.87. The molecule has 27 heavy (non-hydrogen) atoms. The summed E-state index contributed by atoms with van der Waals surface area (Å²) in [6.07, 6.45) is -4.54. The van der Waals surface area contributed by atoms with Crippen LogP contribution in [0.2, 0.25) is 0 Å². The molecule has 1 aliphatic heterocycles. The number of benzene rings is 3. The summed E-state index contributed by atoms with van der Waals surface area (Å²) in [5, 5.41) is 0. The van der Waals surface area contributed by atoms with E-state index >= 15 is 0 Å². The maximum absolute atomic E-state index is 13.9. The van der Waals surface area contributed by atoms with E-state index in [1.165, 1.54) is 0 Å². The molecule has 0 saturated carbocycles. The van der Waals surface area contributed by atoms with Crippen LogP contribution in [0.25, 0.3) is 11.1 Å². The lowest BCUT2D eigenvalue weighted by molar-refractivity contribution is -0.0569. The number of aryl methyl sites for hydroxylation is 1. The molecular formula is C23H16F3N. The molecule has 4 heteroatoms. The van der Waals surface area contributed by atoms with Gasteiger partial charge in [-0.25, -0.2) is 4.99 Å². The molecule has 1 aliphatic rings. The van der Waals surface area contributed by atoms with Crippen LogP contribution in [0.3, 0.4) is 0 Å². The first-order chi connectivity index (χ1) is 12.9. The Kier molecular flexibility index (Phi) is 4.19. The Labute approximate surface area is 155 Å². The van der Waals surface area contributed by atoms with Gasteiger partial charge in [0.05, 0.1) is 5.69 Å². The number of hydrogen-bond acceptors (Lipinski definition) is 1. The Bertz CT molecular complexity index is 1000. The van der Waals surface area contributed by atoms with Crippen molar-refractivity contribution in [3.8, 4) is 0 Å². The first-order valence-corrected chi connectivity index (χ1v) is 8.57. The van der Waals surface area contributed by atoms with E-state index in [1.807, 2.05) is 67.6 Å². The lowest BCUT2D eigenvalue weighted by Crippen LogP contribution is -2.23. The van der Waals surface area contributed by atoms with Gasteiger partial charge in [0.1, 0.15) is 0 Å². The number of fused-ring (bicyclic) bond motifs is 1. The van der Waals surface area contributed by atoms with E-state index in [0.29, 0.717) is 16.8 Å². The first-order valence-electron chi connectivity index (χ1n) is 8.57. The molecule has 0 fully saturated rings. The van der Waals surface area contributed by atoms with Crippen LogP contribution in [-0.2, 0) is 0 Å². The third-order valence-electron chi connectivity index (χ3n) is 4.53. The first kappa shape index (κ1) is 17.3. The van der Waals surface area contributed by atoms with Crippen LogP contribution >= 0.6 is 0 Å². The fourth-order valence-electron chi connectivity index (χ4n) is 3.37. The minimum atomic E-state index is -4.54. The van der Waals surface area contributed by atoms with Gasteiger partial charge in [-0.05, 0) is 35.8 Å². The van der Waals surface area contributed by atoms with Crippen molar-refractivity contribution >= 4 is 22.5 Å². The predicted molar refractivity (Wildman–Crippen MR) is 103 cm³/mol. The van der Waals surface area contributed by atoms with Gasteiger partial charge in [0, 0.05) is 11.1 Å². The fourth-order valence-corrected chi connectivity index (χ4v) is 3.37. The molecule has 1 nitrogen and oxygen atoms in total. The molecule has 1 heterocycles. The van der Waals surface area contributed by atoms with Crippen LogP contribution < -0.4 is 0 Å². The molecule has 4 rings (SSSR count). The highest BCUT2D eigenvalue weighted by Crippen LogP contribution is 2.46. The second-order valence-electron chi connectivity index (χ2n) is 6.46. The third kappa shape index (κ3) is 3.19. The van der Waals surface area contributed by atoms with Crippen LogP contribution in [0, 0.1) is 6.92 Å². The molecule has 0 amide bonds. The Morgan fingerprint density at radius 3 is 1.85 bits per heavy atom. The van der Waals surface area contributed by atoms with Crippen molar-refractivity contribution in [3.63, 3.8) is 0 Å². The van der Waals surface area contributed by atoms with Crippen LogP contribution in [-0.4, -0.2) is 11.9 Å². The summed E-state index contributed by atoms with van der Waals surface area (Å²) in [5.74, 6) is 0. The maximum Gasteiger partial charge on any atom is 0.434 e. The highest BCUT2D eigenvalue weighted by Gasteiger charge is 2.43. The molecule has 0 atom stereocenters. The van der Waals surface area contributed by atoms with E-state index in [2.05, 4.69) is 4.99 Å². The van der Waals surface area contributed by atoms with E-state index in [9.17, 15) is 13.2 Å². The number of allylic oxidation sites excluding steroid dienone is 1. The highest BCUT2D eigenvalue weighted by atomic mass is 19.4. The average molecular weight is 363 g/mol. The summed E-state index contributed by atoms with van der Waals surface area (Å²) >= 11 is 0. The van der Waals surface area contributed by atoms with E-state index in [0.717, 1.165) is 16.7 Å². The van der Waals surface area contributed by atoms with Crippen LogP contribution in [0.1, 0.15) is 22.3 Å². The molecule has 0 bridgehead atoms. The molecule has 0 saturated heterocycles. The van der Waals surface area contributed by atoms with Gasteiger partial charge in [-0.2, -0.15) is 13.2 Å². The number of nitrogens with zero attached hydrogens (tertiary/aromatic N) is 1. The highest BCUT2D eigenvalue weighted by molar-refractivity contribution is 6.38. The largest absolute Gasteiger partial charge is 0.434 e. The Morgan fingerprint density at radius 2 is 1.33 bits per heavy atom. The quantitative estimate of drug-likeness (QED) is 0.486. The van der Waals surface area contributed by atoms with Gasteiger partial charge in [-0.15, -0.1) is 0 Å². The second-order valence-corrected chi connectivity index (χ2v) is 6.46. The zero-order chi connectivity index (χ0) is 19.0. The third-order valence-corrected chi connectivity index (χ3v) is 4.53. The van der Waals surface area contributed by atoms with Gasteiger partial charge < -0.3 is 0 Å². The fraction of sp³-hybridized carbons (Fsp3) is 0.0870. The molecule has 0 aliphatic carbocycles. The Hall–Kier alpha value is -3.14. The molecule has 3 aromatic rings. The summed E-state index contributed by atoms with van der Waals surface area (Å²) in [5.41, 5.74) is 3.05. The molecular weight excluding hydrogens is 347 g/mol. The summed E-state index contributed by atoms with van der Waals surface area (Å²) in [6, 6.07) is 23.5. The Balaban J connectivity index is 2.11. The average Bonchev–Trinajstić information content (AvgIpc) is 3.03. The standard InChI is InChI=1S/C23H16F3N/c1-15-12-13-19-18(14-15)21(22(27-19)23(24,25)26)20(16-8-4-2-5-9-16)17-10-6-3-7-11-17/h2-14H,1H3. The number of alkyl halides is 3. The van der Waals surface area contributed by atoms with E-state index in [4.69, 9.17) is 0 Å². The zero-order valence-electron chi connectivity index (χ0n) is 14.6.